The summed E-state index contributed by atoms with van der Waals surface area (Å²) in [5, 5.41) is 22.7. The van der Waals surface area contributed by atoms with E-state index in [-0.39, 0.29) is 11.3 Å². The van der Waals surface area contributed by atoms with Gasteiger partial charge in [-0.1, -0.05) is 15.9 Å². The number of hydrogen-bond acceptors (Lipinski definition) is 4. The average molecular weight is 318 g/mol. The molecule has 0 unspecified atom stereocenters. The first-order valence-corrected chi connectivity index (χ1v) is 6.10. The van der Waals surface area contributed by atoms with Crippen molar-refractivity contribution in [2.45, 2.75) is 0 Å². The number of halogens is 1. The summed E-state index contributed by atoms with van der Waals surface area (Å²) in [7, 11) is 0. The third kappa shape index (κ3) is 3.09. The van der Waals surface area contributed by atoms with Gasteiger partial charge < -0.3 is 5.32 Å². The standard InChI is InChI=1S/C13H8BrN3O2/c14-10-2-5-11(6-3-10)16-12-4-1-9(8-15)13(7-12)17(18)19/h1-7,16H. The van der Waals surface area contributed by atoms with Gasteiger partial charge in [-0.15, -0.1) is 0 Å². The van der Waals surface area contributed by atoms with E-state index >= 15 is 0 Å². The number of nitriles is 1. The molecule has 0 atom stereocenters. The lowest BCUT2D eigenvalue weighted by Crippen LogP contribution is -1.95. The van der Waals surface area contributed by atoms with E-state index in [0.29, 0.717) is 5.69 Å². The maximum atomic E-state index is 10.9. The van der Waals surface area contributed by atoms with Crippen LogP contribution in [-0.2, 0) is 0 Å². The lowest BCUT2D eigenvalue weighted by Gasteiger charge is -2.06. The molecule has 0 saturated carbocycles. The SMILES string of the molecule is N#Cc1ccc(Nc2ccc(Br)cc2)cc1[N+](=O)[O-]. The highest BCUT2D eigenvalue weighted by atomic mass is 79.9. The maximum absolute atomic E-state index is 10.9. The highest BCUT2D eigenvalue weighted by Gasteiger charge is 2.14. The number of nitrogens with zero attached hydrogens (tertiary/aromatic N) is 2. The summed E-state index contributed by atoms with van der Waals surface area (Å²) in [6.07, 6.45) is 0. The van der Waals surface area contributed by atoms with E-state index in [1.165, 1.54) is 12.1 Å². The zero-order valence-corrected chi connectivity index (χ0v) is 11.2. The molecule has 0 aliphatic heterocycles. The summed E-state index contributed by atoms with van der Waals surface area (Å²) < 4.78 is 0.948. The van der Waals surface area contributed by atoms with Crippen LogP contribution < -0.4 is 5.32 Å². The molecule has 0 spiro atoms. The predicted molar refractivity (Wildman–Crippen MR) is 75.2 cm³/mol. The Morgan fingerprint density at radius 3 is 2.37 bits per heavy atom. The molecular formula is C13H8BrN3O2. The highest BCUT2D eigenvalue weighted by molar-refractivity contribution is 9.10. The molecule has 0 radical (unpaired) electrons. The number of nitro benzene ring substituents is 1. The molecule has 94 valence electrons. The van der Waals surface area contributed by atoms with Crippen LogP contribution >= 0.6 is 15.9 Å². The van der Waals surface area contributed by atoms with Gasteiger partial charge in [0, 0.05) is 21.9 Å². The molecule has 2 aromatic carbocycles. The first-order valence-electron chi connectivity index (χ1n) is 5.31. The van der Waals surface area contributed by atoms with Crippen molar-refractivity contribution in [3.8, 4) is 6.07 Å². The van der Waals surface area contributed by atoms with Crippen LogP contribution in [0.3, 0.4) is 0 Å². The van der Waals surface area contributed by atoms with E-state index in [2.05, 4.69) is 21.2 Å². The van der Waals surface area contributed by atoms with E-state index in [0.717, 1.165) is 10.2 Å². The number of hydrogen-bond donors (Lipinski definition) is 1. The first-order chi connectivity index (χ1) is 9.10. The highest BCUT2D eigenvalue weighted by Crippen LogP contribution is 2.25. The Labute approximate surface area is 117 Å². The Balaban J connectivity index is 2.31. The largest absolute Gasteiger partial charge is 0.355 e. The maximum Gasteiger partial charge on any atom is 0.289 e. The Hall–Kier alpha value is -2.39. The summed E-state index contributed by atoms with van der Waals surface area (Å²) in [6.45, 7) is 0. The molecule has 2 aromatic rings. The topological polar surface area (TPSA) is 79.0 Å². The third-order valence-electron chi connectivity index (χ3n) is 2.45. The summed E-state index contributed by atoms with van der Waals surface area (Å²) in [4.78, 5) is 10.3. The van der Waals surface area contributed by atoms with Gasteiger partial charge in [0.05, 0.1) is 4.92 Å². The summed E-state index contributed by atoms with van der Waals surface area (Å²) in [5.74, 6) is 0. The Morgan fingerprint density at radius 1 is 1.16 bits per heavy atom. The second kappa shape index (κ2) is 5.50. The lowest BCUT2D eigenvalue weighted by molar-refractivity contribution is -0.385. The molecule has 5 nitrogen and oxygen atoms in total. The molecule has 0 amide bonds. The van der Waals surface area contributed by atoms with E-state index in [1.807, 2.05) is 24.3 Å². The smallest absolute Gasteiger partial charge is 0.289 e. The molecule has 0 aliphatic rings. The van der Waals surface area contributed by atoms with Crippen LogP contribution in [0.1, 0.15) is 5.56 Å². The minimum atomic E-state index is -0.564. The van der Waals surface area contributed by atoms with Crippen molar-refractivity contribution in [2.75, 3.05) is 5.32 Å². The molecule has 0 heterocycles. The van der Waals surface area contributed by atoms with Crippen LogP contribution in [0, 0.1) is 21.4 Å². The predicted octanol–water partition coefficient (Wildman–Crippen LogP) is 3.97. The van der Waals surface area contributed by atoms with E-state index < -0.39 is 4.92 Å². The Kier molecular flexibility index (Phi) is 3.78. The molecule has 1 N–H and O–H groups in total. The number of benzene rings is 2. The molecule has 0 saturated heterocycles. The number of nitrogens with one attached hydrogen (secondary N) is 1. The number of nitro groups is 1. The minimum Gasteiger partial charge on any atom is -0.355 e. The Morgan fingerprint density at radius 2 is 1.79 bits per heavy atom. The third-order valence-corrected chi connectivity index (χ3v) is 2.98. The van der Waals surface area contributed by atoms with Crippen molar-refractivity contribution in [1.29, 1.82) is 5.26 Å². The molecular weight excluding hydrogens is 310 g/mol. The van der Waals surface area contributed by atoms with Crippen molar-refractivity contribution in [1.82, 2.24) is 0 Å². The van der Waals surface area contributed by atoms with Crippen LogP contribution in [-0.4, -0.2) is 4.92 Å². The fourth-order valence-electron chi connectivity index (χ4n) is 1.55. The lowest BCUT2D eigenvalue weighted by atomic mass is 10.1. The Bertz CT molecular complexity index is 663. The van der Waals surface area contributed by atoms with Crippen LogP contribution in [0.2, 0.25) is 0 Å². The number of anilines is 2. The van der Waals surface area contributed by atoms with Crippen LogP contribution in [0.15, 0.2) is 46.9 Å². The van der Waals surface area contributed by atoms with Gasteiger partial charge in [0.25, 0.3) is 5.69 Å². The van der Waals surface area contributed by atoms with E-state index in [1.54, 1.807) is 12.1 Å². The second-order valence-corrected chi connectivity index (χ2v) is 4.65. The number of rotatable bonds is 3. The van der Waals surface area contributed by atoms with Gasteiger partial charge >= 0.3 is 0 Å². The minimum absolute atomic E-state index is 0.0476. The monoisotopic (exact) mass is 317 g/mol. The van der Waals surface area contributed by atoms with Crippen molar-refractivity contribution in [3.63, 3.8) is 0 Å². The normalized spacial score (nSPS) is 9.68. The zero-order chi connectivity index (χ0) is 13.8. The van der Waals surface area contributed by atoms with E-state index in [4.69, 9.17) is 5.26 Å². The quantitative estimate of drug-likeness (QED) is 0.686. The van der Waals surface area contributed by atoms with Gasteiger partial charge in [-0.05, 0) is 36.4 Å². The van der Waals surface area contributed by atoms with Crippen LogP contribution in [0.4, 0.5) is 17.1 Å². The van der Waals surface area contributed by atoms with Crippen molar-refractivity contribution in [3.05, 3.63) is 62.6 Å². The summed E-state index contributed by atoms with van der Waals surface area (Å²) in [5.41, 5.74) is 1.21. The van der Waals surface area contributed by atoms with Crippen molar-refractivity contribution in [2.24, 2.45) is 0 Å². The van der Waals surface area contributed by atoms with Crippen molar-refractivity contribution < 1.29 is 4.92 Å². The fraction of sp³-hybridized carbons (Fsp3) is 0. The molecule has 0 bridgehead atoms. The van der Waals surface area contributed by atoms with Gasteiger partial charge in [-0.2, -0.15) is 5.26 Å². The average Bonchev–Trinajstić information content (AvgIpc) is 2.41. The molecule has 0 aromatic heterocycles. The van der Waals surface area contributed by atoms with Gasteiger partial charge in [0.15, 0.2) is 0 Å². The van der Waals surface area contributed by atoms with Crippen LogP contribution in [0.5, 0.6) is 0 Å². The molecule has 0 fully saturated rings. The van der Waals surface area contributed by atoms with E-state index in [9.17, 15) is 10.1 Å². The first kappa shape index (κ1) is 13.1. The van der Waals surface area contributed by atoms with Gasteiger partial charge in [-0.3, -0.25) is 10.1 Å². The summed E-state index contributed by atoms with van der Waals surface area (Å²) >= 11 is 3.33. The molecule has 0 aliphatic carbocycles. The molecule has 6 heteroatoms. The zero-order valence-electron chi connectivity index (χ0n) is 9.63. The fourth-order valence-corrected chi connectivity index (χ4v) is 1.82. The van der Waals surface area contributed by atoms with Gasteiger partial charge in [-0.25, -0.2) is 0 Å². The molecule has 19 heavy (non-hydrogen) atoms. The molecule has 2 rings (SSSR count). The van der Waals surface area contributed by atoms with Crippen LogP contribution in [0.25, 0.3) is 0 Å². The van der Waals surface area contributed by atoms with Crippen molar-refractivity contribution >= 4 is 33.0 Å². The second-order valence-electron chi connectivity index (χ2n) is 3.73. The summed E-state index contributed by atoms with van der Waals surface area (Å²) in [6, 6.07) is 13.6. The van der Waals surface area contributed by atoms with Gasteiger partial charge in [0.2, 0.25) is 0 Å². The van der Waals surface area contributed by atoms with Gasteiger partial charge in [0.1, 0.15) is 11.6 Å².